The first-order chi connectivity index (χ1) is 5.81. The molecule has 6 heteroatoms. The zero-order valence-corrected chi connectivity index (χ0v) is 7.35. The summed E-state index contributed by atoms with van der Waals surface area (Å²) in [5.74, 6) is -0.496. The maximum atomic E-state index is 12.0. The lowest BCUT2D eigenvalue weighted by molar-refractivity contribution is -0.160. The summed E-state index contributed by atoms with van der Waals surface area (Å²) in [5.41, 5.74) is 0. The van der Waals surface area contributed by atoms with E-state index in [2.05, 4.69) is 5.32 Å². The fraction of sp³-hybridized carbons (Fsp3) is 0.857. The molecular weight excluding hydrogens is 185 g/mol. The van der Waals surface area contributed by atoms with E-state index in [1.165, 1.54) is 6.92 Å². The molecule has 3 nitrogen and oxygen atoms in total. The van der Waals surface area contributed by atoms with Gasteiger partial charge in [0, 0.05) is 0 Å². The zero-order chi connectivity index (χ0) is 10.2. The number of halogens is 3. The Morgan fingerprint density at radius 2 is 2.00 bits per heavy atom. The molecule has 1 aliphatic rings. The van der Waals surface area contributed by atoms with Crippen LogP contribution >= 0.6 is 0 Å². The number of alkyl halides is 3. The van der Waals surface area contributed by atoms with Gasteiger partial charge < -0.3 is 4.90 Å². The van der Waals surface area contributed by atoms with E-state index in [0.717, 1.165) is 4.90 Å². The highest BCUT2D eigenvalue weighted by molar-refractivity contribution is 5.83. The lowest BCUT2D eigenvalue weighted by atomic mass is 10.3. The van der Waals surface area contributed by atoms with Crippen LogP contribution in [0.25, 0.3) is 0 Å². The van der Waals surface area contributed by atoms with Crippen molar-refractivity contribution in [3.05, 3.63) is 0 Å². The Morgan fingerprint density at radius 3 is 2.31 bits per heavy atom. The standard InChI is InChI=1S/C7H11F3N2O/c1-4-6(13)12(5(2)11-4)3-7(8,9)10/h4-5,11H,3H2,1-2H3. The van der Waals surface area contributed by atoms with Crippen LogP contribution in [0.15, 0.2) is 0 Å². The van der Waals surface area contributed by atoms with Gasteiger partial charge in [-0.3, -0.25) is 10.1 Å². The van der Waals surface area contributed by atoms with Crippen molar-refractivity contribution in [3.8, 4) is 0 Å². The van der Waals surface area contributed by atoms with Gasteiger partial charge in [-0.15, -0.1) is 0 Å². The topological polar surface area (TPSA) is 32.3 Å². The average molecular weight is 196 g/mol. The Morgan fingerprint density at radius 1 is 1.46 bits per heavy atom. The molecule has 13 heavy (non-hydrogen) atoms. The van der Waals surface area contributed by atoms with Gasteiger partial charge in [-0.1, -0.05) is 0 Å². The SMILES string of the molecule is CC1NC(C)N(CC(F)(F)F)C1=O. The zero-order valence-electron chi connectivity index (χ0n) is 7.35. The van der Waals surface area contributed by atoms with Crippen molar-refractivity contribution in [2.24, 2.45) is 0 Å². The van der Waals surface area contributed by atoms with Gasteiger partial charge in [0.25, 0.3) is 0 Å². The molecule has 2 atom stereocenters. The Labute approximate surface area is 73.9 Å². The third-order valence-corrected chi connectivity index (χ3v) is 1.96. The molecule has 0 bridgehead atoms. The summed E-state index contributed by atoms with van der Waals surface area (Å²) in [4.78, 5) is 12.0. The van der Waals surface area contributed by atoms with Crippen LogP contribution in [0, 0.1) is 0 Å². The van der Waals surface area contributed by atoms with Crippen LogP contribution in [-0.2, 0) is 4.79 Å². The second-order valence-corrected chi connectivity index (χ2v) is 3.15. The van der Waals surface area contributed by atoms with E-state index in [0.29, 0.717) is 0 Å². The van der Waals surface area contributed by atoms with E-state index in [4.69, 9.17) is 0 Å². The van der Waals surface area contributed by atoms with Crippen LogP contribution in [0.2, 0.25) is 0 Å². The van der Waals surface area contributed by atoms with Crippen LogP contribution in [0.5, 0.6) is 0 Å². The quantitative estimate of drug-likeness (QED) is 0.670. The minimum Gasteiger partial charge on any atom is -0.317 e. The molecule has 0 aliphatic carbocycles. The monoisotopic (exact) mass is 196 g/mol. The number of hydrogen-bond acceptors (Lipinski definition) is 2. The smallest absolute Gasteiger partial charge is 0.317 e. The minimum atomic E-state index is -4.32. The van der Waals surface area contributed by atoms with Gasteiger partial charge in [0.1, 0.15) is 6.54 Å². The molecule has 1 heterocycles. The summed E-state index contributed by atoms with van der Waals surface area (Å²) in [7, 11) is 0. The summed E-state index contributed by atoms with van der Waals surface area (Å²) in [6.45, 7) is 1.91. The highest BCUT2D eigenvalue weighted by Gasteiger charge is 2.40. The molecular formula is C7H11F3N2O. The largest absolute Gasteiger partial charge is 0.406 e. The molecule has 1 fully saturated rings. The maximum Gasteiger partial charge on any atom is 0.406 e. The van der Waals surface area contributed by atoms with Gasteiger partial charge >= 0.3 is 6.18 Å². The van der Waals surface area contributed by atoms with Crippen molar-refractivity contribution in [2.75, 3.05) is 6.54 Å². The summed E-state index contributed by atoms with van der Waals surface area (Å²) < 4.78 is 35.9. The van der Waals surface area contributed by atoms with Gasteiger partial charge in [-0.25, -0.2) is 0 Å². The molecule has 1 amide bonds. The highest BCUT2D eigenvalue weighted by Crippen LogP contribution is 2.20. The Kier molecular flexibility index (Phi) is 2.51. The molecule has 1 aliphatic heterocycles. The lowest BCUT2D eigenvalue weighted by Crippen LogP contribution is -2.41. The van der Waals surface area contributed by atoms with Gasteiger partial charge in [0.05, 0.1) is 12.2 Å². The average Bonchev–Trinajstić information content (AvgIpc) is 2.14. The van der Waals surface area contributed by atoms with E-state index >= 15 is 0 Å². The minimum absolute atomic E-state index is 0.496. The fourth-order valence-corrected chi connectivity index (χ4v) is 1.37. The first kappa shape index (κ1) is 10.3. The molecule has 1 rings (SSSR count). The fourth-order valence-electron chi connectivity index (χ4n) is 1.37. The number of nitrogens with zero attached hydrogens (tertiary/aromatic N) is 1. The summed E-state index contributed by atoms with van der Waals surface area (Å²) >= 11 is 0. The van der Waals surface area contributed by atoms with E-state index in [-0.39, 0.29) is 0 Å². The van der Waals surface area contributed by atoms with Crippen LogP contribution in [0.4, 0.5) is 13.2 Å². The second kappa shape index (κ2) is 3.17. The molecule has 76 valence electrons. The Hall–Kier alpha value is -0.780. The second-order valence-electron chi connectivity index (χ2n) is 3.15. The molecule has 0 saturated carbocycles. The first-order valence-electron chi connectivity index (χ1n) is 3.94. The number of rotatable bonds is 1. The molecule has 1 N–H and O–H groups in total. The number of hydrogen-bond donors (Lipinski definition) is 1. The van der Waals surface area contributed by atoms with Crippen LogP contribution < -0.4 is 5.32 Å². The Balaban J connectivity index is 2.64. The summed E-state index contributed by atoms with van der Waals surface area (Å²) in [6, 6.07) is -0.516. The number of carbonyl (C=O) groups excluding carboxylic acids is 1. The van der Waals surface area contributed by atoms with E-state index in [1.54, 1.807) is 6.92 Å². The van der Waals surface area contributed by atoms with Gasteiger partial charge in [0.2, 0.25) is 5.91 Å². The van der Waals surface area contributed by atoms with Crippen molar-refractivity contribution in [2.45, 2.75) is 32.2 Å². The Bertz CT molecular complexity index is 216. The van der Waals surface area contributed by atoms with Gasteiger partial charge in [0.15, 0.2) is 0 Å². The molecule has 1 saturated heterocycles. The van der Waals surface area contributed by atoms with Crippen LogP contribution in [-0.4, -0.2) is 35.7 Å². The van der Waals surface area contributed by atoms with Crippen LogP contribution in [0.1, 0.15) is 13.8 Å². The van der Waals surface area contributed by atoms with E-state index < -0.39 is 30.8 Å². The van der Waals surface area contributed by atoms with Gasteiger partial charge in [-0.05, 0) is 13.8 Å². The number of nitrogens with one attached hydrogen (secondary N) is 1. The predicted molar refractivity (Wildman–Crippen MR) is 39.8 cm³/mol. The van der Waals surface area contributed by atoms with Crippen molar-refractivity contribution in [1.82, 2.24) is 10.2 Å². The molecule has 0 aromatic rings. The van der Waals surface area contributed by atoms with E-state index in [9.17, 15) is 18.0 Å². The molecule has 0 spiro atoms. The third kappa shape index (κ3) is 2.33. The molecule has 2 unspecified atom stereocenters. The predicted octanol–water partition coefficient (Wildman–Crippen LogP) is 0.715. The molecule has 0 aromatic carbocycles. The summed E-state index contributed by atoms with van der Waals surface area (Å²) in [6.07, 6.45) is -4.86. The van der Waals surface area contributed by atoms with E-state index in [1.807, 2.05) is 0 Å². The normalized spacial score (nSPS) is 29.9. The van der Waals surface area contributed by atoms with Crippen molar-refractivity contribution >= 4 is 5.91 Å². The van der Waals surface area contributed by atoms with Crippen molar-refractivity contribution < 1.29 is 18.0 Å². The molecule has 0 radical (unpaired) electrons. The third-order valence-electron chi connectivity index (χ3n) is 1.96. The lowest BCUT2D eigenvalue weighted by Gasteiger charge is -2.21. The van der Waals surface area contributed by atoms with Crippen molar-refractivity contribution in [1.29, 1.82) is 0 Å². The first-order valence-corrected chi connectivity index (χ1v) is 3.94. The number of amides is 1. The maximum absolute atomic E-state index is 12.0. The van der Waals surface area contributed by atoms with Crippen LogP contribution in [0.3, 0.4) is 0 Å². The molecule has 0 aromatic heterocycles. The highest BCUT2D eigenvalue weighted by atomic mass is 19.4. The van der Waals surface area contributed by atoms with Gasteiger partial charge in [-0.2, -0.15) is 13.2 Å². The number of carbonyl (C=O) groups is 1. The summed E-state index contributed by atoms with van der Waals surface area (Å²) in [5, 5.41) is 2.72. The van der Waals surface area contributed by atoms with Crippen molar-refractivity contribution in [3.63, 3.8) is 0 Å².